The van der Waals surface area contributed by atoms with Gasteiger partial charge in [-0.25, -0.2) is 9.07 Å². The number of amides is 1. The summed E-state index contributed by atoms with van der Waals surface area (Å²) in [6.45, 7) is 5.35. The summed E-state index contributed by atoms with van der Waals surface area (Å²) in [5, 5.41) is 2.77. The Bertz CT molecular complexity index is 1350. The van der Waals surface area contributed by atoms with E-state index in [1.54, 1.807) is 54.4 Å². The molecule has 0 aliphatic rings. The van der Waals surface area contributed by atoms with Crippen LogP contribution in [0.3, 0.4) is 0 Å². The summed E-state index contributed by atoms with van der Waals surface area (Å²) < 4.78 is 19.2. The van der Waals surface area contributed by atoms with E-state index >= 15 is 0 Å². The highest BCUT2D eigenvalue weighted by molar-refractivity contribution is 6.05. The molecule has 2 heterocycles. The molecule has 31 heavy (non-hydrogen) atoms. The number of nitrogens with zero attached hydrogens (tertiary/aromatic N) is 3. The van der Waals surface area contributed by atoms with Gasteiger partial charge in [-0.15, -0.1) is 0 Å². The van der Waals surface area contributed by atoms with E-state index in [4.69, 9.17) is 0 Å². The van der Waals surface area contributed by atoms with Gasteiger partial charge in [0, 0.05) is 18.4 Å². The van der Waals surface area contributed by atoms with E-state index in [9.17, 15) is 14.0 Å². The van der Waals surface area contributed by atoms with Crippen molar-refractivity contribution >= 4 is 11.6 Å². The number of carbonyl (C=O) groups is 1. The highest BCUT2D eigenvalue weighted by Crippen LogP contribution is 2.24. The third-order valence-electron chi connectivity index (χ3n) is 5.56. The molecule has 4 rings (SSSR count). The predicted molar refractivity (Wildman–Crippen MR) is 119 cm³/mol. The van der Waals surface area contributed by atoms with Gasteiger partial charge in [0.05, 0.1) is 22.6 Å². The van der Waals surface area contributed by atoms with Crippen molar-refractivity contribution in [3.8, 4) is 11.4 Å². The first-order valence-corrected chi connectivity index (χ1v) is 9.90. The smallest absolute Gasteiger partial charge is 0.295 e. The normalized spacial score (nSPS) is 11.0. The molecule has 6 nitrogen and oxygen atoms in total. The number of rotatable bonds is 4. The number of nitrogens with one attached hydrogen (secondary N) is 1. The van der Waals surface area contributed by atoms with Crippen LogP contribution < -0.4 is 10.9 Å². The maximum Gasteiger partial charge on any atom is 0.295 e. The molecule has 0 atom stereocenters. The van der Waals surface area contributed by atoms with Gasteiger partial charge in [0.15, 0.2) is 0 Å². The largest absolute Gasteiger partial charge is 0.316 e. The van der Waals surface area contributed by atoms with Crippen LogP contribution in [0.4, 0.5) is 10.1 Å². The lowest BCUT2D eigenvalue weighted by atomic mass is 10.2. The Balaban J connectivity index is 1.73. The van der Waals surface area contributed by atoms with Crippen LogP contribution in [0.5, 0.6) is 0 Å². The zero-order valence-corrected chi connectivity index (χ0v) is 17.8. The van der Waals surface area contributed by atoms with Crippen LogP contribution in [0.15, 0.2) is 65.5 Å². The van der Waals surface area contributed by atoms with E-state index in [-0.39, 0.29) is 17.1 Å². The zero-order chi connectivity index (χ0) is 22.3. The highest BCUT2D eigenvalue weighted by Gasteiger charge is 2.22. The average molecular weight is 418 g/mol. The lowest BCUT2D eigenvalue weighted by molar-refractivity contribution is 0.102. The van der Waals surface area contributed by atoms with Crippen LogP contribution in [-0.4, -0.2) is 19.8 Å². The van der Waals surface area contributed by atoms with Crippen molar-refractivity contribution in [1.29, 1.82) is 0 Å². The fraction of sp³-hybridized carbons (Fsp3) is 0.167. The van der Waals surface area contributed by atoms with Gasteiger partial charge in [0.2, 0.25) is 0 Å². The van der Waals surface area contributed by atoms with E-state index < -0.39 is 5.91 Å². The molecular weight excluding hydrogens is 395 g/mol. The van der Waals surface area contributed by atoms with E-state index in [0.717, 1.165) is 5.69 Å². The summed E-state index contributed by atoms with van der Waals surface area (Å²) in [6.07, 6.45) is 0. The lowest BCUT2D eigenvalue weighted by Gasteiger charge is -2.11. The van der Waals surface area contributed by atoms with Gasteiger partial charge in [-0.3, -0.25) is 14.3 Å². The number of para-hydroxylation sites is 2. The summed E-state index contributed by atoms with van der Waals surface area (Å²) >= 11 is 0. The summed E-state index contributed by atoms with van der Waals surface area (Å²) in [6, 6.07) is 17.3. The zero-order valence-electron chi connectivity index (χ0n) is 17.8. The average Bonchev–Trinajstić information content (AvgIpc) is 3.16. The maximum absolute atomic E-state index is 14.3. The third-order valence-corrected chi connectivity index (χ3v) is 5.56. The second kappa shape index (κ2) is 7.75. The van der Waals surface area contributed by atoms with Gasteiger partial charge >= 0.3 is 0 Å². The highest BCUT2D eigenvalue weighted by atomic mass is 19.1. The molecule has 1 amide bonds. The number of hydrogen-bond acceptors (Lipinski definition) is 2. The Morgan fingerprint density at radius 3 is 2.26 bits per heavy atom. The Morgan fingerprint density at radius 2 is 1.58 bits per heavy atom. The molecule has 0 radical (unpaired) electrons. The van der Waals surface area contributed by atoms with Gasteiger partial charge < -0.3 is 9.88 Å². The number of benzene rings is 2. The molecule has 158 valence electrons. The van der Waals surface area contributed by atoms with Crippen LogP contribution in [0.25, 0.3) is 11.4 Å². The van der Waals surface area contributed by atoms with Crippen molar-refractivity contribution < 1.29 is 9.18 Å². The second-order valence-corrected chi connectivity index (χ2v) is 7.46. The van der Waals surface area contributed by atoms with Crippen LogP contribution in [0.2, 0.25) is 0 Å². The molecule has 0 bridgehead atoms. The Kier molecular flexibility index (Phi) is 5.10. The molecule has 0 spiro atoms. The SMILES string of the molecule is Cc1cc(C(=O)Nc2c(C)n(C)n(-c3ccccc3)c2=O)c(C)n1-c1ccccc1F. The minimum absolute atomic E-state index is 0.215. The summed E-state index contributed by atoms with van der Waals surface area (Å²) in [7, 11) is 1.77. The molecular formula is C24H23FN4O2. The van der Waals surface area contributed by atoms with E-state index in [1.165, 1.54) is 10.7 Å². The quantitative estimate of drug-likeness (QED) is 0.538. The van der Waals surface area contributed by atoms with Gasteiger partial charge in [-0.1, -0.05) is 30.3 Å². The second-order valence-electron chi connectivity index (χ2n) is 7.46. The number of anilines is 1. The Labute approximate surface area is 179 Å². The van der Waals surface area contributed by atoms with Gasteiger partial charge in [0.1, 0.15) is 11.5 Å². The van der Waals surface area contributed by atoms with Gasteiger partial charge in [-0.2, -0.15) is 0 Å². The molecule has 2 aromatic heterocycles. The van der Waals surface area contributed by atoms with Crippen molar-refractivity contribution in [2.45, 2.75) is 20.8 Å². The minimum Gasteiger partial charge on any atom is -0.316 e. The Hall–Kier alpha value is -3.87. The van der Waals surface area contributed by atoms with Crippen LogP contribution in [-0.2, 0) is 7.05 Å². The molecule has 0 saturated heterocycles. The fourth-order valence-electron chi connectivity index (χ4n) is 3.89. The predicted octanol–water partition coefficient (Wildman–Crippen LogP) is 4.28. The first-order chi connectivity index (χ1) is 14.8. The number of halogens is 1. The Morgan fingerprint density at radius 1 is 0.935 bits per heavy atom. The summed E-state index contributed by atoms with van der Waals surface area (Å²) in [4.78, 5) is 26.2. The standard InChI is InChI=1S/C24H23FN4O2/c1-15-14-19(16(2)28(15)21-13-9-8-12-20(21)25)23(30)26-22-17(3)27(4)29(24(22)31)18-10-6-5-7-11-18/h5-14H,1-4H3,(H,26,30). The minimum atomic E-state index is -0.415. The van der Waals surface area contributed by atoms with Gasteiger partial charge in [0.25, 0.3) is 11.5 Å². The third kappa shape index (κ3) is 3.38. The van der Waals surface area contributed by atoms with E-state index in [1.807, 2.05) is 37.3 Å². The van der Waals surface area contributed by atoms with Crippen LogP contribution in [0, 0.1) is 26.6 Å². The molecule has 2 aromatic carbocycles. The lowest BCUT2D eigenvalue weighted by Crippen LogP contribution is -2.23. The van der Waals surface area contributed by atoms with Crippen molar-refractivity contribution in [2.75, 3.05) is 5.32 Å². The topological polar surface area (TPSA) is 61.0 Å². The molecule has 0 unspecified atom stereocenters. The fourth-order valence-corrected chi connectivity index (χ4v) is 3.89. The number of aromatic nitrogens is 3. The first kappa shape index (κ1) is 20.4. The first-order valence-electron chi connectivity index (χ1n) is 9.90. The van der Waals surface area contributed by atoms with Crippen molar-refractivity contribution in [3.05, 3.63) is 99.5 Å². The van der Waals surface area contributed by atoms with Crippen LogP contribution >= 0.6 is 0 Å². The summed E-state index contributed by atoms with van der Waals surface area (Å²) in [5.74, 6) is -0.789. The number of carbonyl (C=O) groups excluding carboxylic acids is 1. The van der Waals surface area contributed by atoms with Gasteiger partial charge in [-0.05, 0) is 51.1 Å². The summed E-state index contributed by atoms with van der Waals surface area (Å²) in [5.41, 5.74) is 3.31. The molecule has 0 fully saturated rings. The van der Waals surface area contributed by atoms with E-state index in [0.29, 0.717) is 28.3 Å². The van der Waals surface area contributed by atoms with Crippen molar-refractivity contribution in [3.63, 3.8) is 0 Å². The van der Waals surface area contributed by atoms with Crippen LogP contribution in [0.1, 0.15) is 27.4 Å². The van der Waals surface area contributed by atoms with Crippen molar-refractivity contribution in [2.24, 2.45) is 7.05 Å². The number of hydrogen-bond donors (Lipinski definition) is 1. The molecule has 4 aromatic rings. The monoisotopic (exact) mass is 418 g/mol. The van der Waals surface area contributed by atoms with Crippen molar-refractivity contribution in [1.82, 2.24) is 13.9 Å². The molecule has 0 saturated carbocycles. The maximum atomic E-state index is 14.3. The molecule has 0 aliphatic carbocycles. The molecule has 7 heteroatoms. The molecule has 1 N–H and O–H groups in total. The molecule has 0 aliphatic heterocycles. The number of aryl methyl sites for hydroxylation is 1. The van der Waals surface area contributed by atoms with E-state index in [2.05, 4.69) is 5.32 Å².